The van der Waals surface area contributed by atoms with Gasteiger partial charge in [0.15, 0.2) is 5.82 Å². The van der Waals surface area contributed by atoms with Crippen molar-refractivity contribution in [2.75, 3.05) is 12.3 Å². The fourth-order valence-corrected chi connectivity index (χ4v) is 4.64. The van der Waals surface area contributed by atoms with E-state index in [2.05, 4.69) is 20.1 Å². The third-order valence-corrected chi connectivity index (χ3v) is 6.29. The van der Waals surface area contributed by atoms with Gasteiger partial charge in [-0.2, -0.15) is 5.10 Å². The van der Waals surface area contributed by atoms with E-state index in [1.807, 2.05) is 24.8 Å². The molecule has 1 aliphatic rings. The number of likely N-dealkylation sites (tertiary alicyclic amines) is 1. The number of hydrogen-bond donors (Lipinski definition) is 1. The Balaban J connectivity index is 1.48. The monoisotopic (exact) mass is 471 g/mol. The lowest BCUT2D eigenvalue weighted by Crippen LogP contribution is -2.39. The number of pyridine rings is 1. The Hall–Kier alpha value is -4.14. The number of aryl methyl sites for hydroxylation is 2. The minimum atomic E-state index is -0.322. The van der Waals surface area contributed by atoms with E-state index in [1.165, 1.54) is 12.1 Å². The molecule has 0 saturated carbocycles. The highest BCUT2D eigenvalue weighted by atomic mass is 19.1. The molecule has 3 aromatic heterocycles. The van der Waals surface area contributed by atoms with E-state index >= 15 is 0 Å². The van der Waals surface area contributed by atoms with Gasteiger partial charge in [-0.05, 0) is 69.0 Å². The van der Waals surface area contributed by atoms with Crippen molar-refractivity contribution in [1.29, 1.82) is 0 Å². The smallest absolute Gasteiger partial charge is 0.255 e. The van der Waals surface area contributed by atoms with Gasteiger partial charge in [0.05, 0.1) is 23.0 Å². The zero-order valence-electron chi connectivity index (χ0n) is 19.6. The molecule has 0 aliphatic carbocycles. The maximum absolute atomic E-state index is 13.6. The summed E-state index contributed by atoms with van der Waals surface area (Å²) in [5.41, 5.74) is 10.5. The van der Waals surface area contributed by atoms with Crippen LogP contribution in [0.5, 0.6) is 0 Å². The fraction of sp³-hybridized carbons (Fsp3) is 0.269. The summed E-state index contributed by atoms with van der Waals surface area (Å²) in [6.07, 6.45) is 5.83. The predicted molar refractivity (Wildman–Crippen MR) is 130 cm³/mol. The molecule has 0 bridgehead atoms. The second-order valence-electron chi connectivity index (χ2n) is 8.79. The molecule has 1 atom stereocenters. The van der Waals surface area contributed by atoms with E-state index < -0.39 is 0 Å². The number of nitrogens with two attached hydrogens (primary N) is 1. The quantitative estimate of drug-likeness (QED) is 0.472. The molecular formula is C26H26FN7O. The topological polar surface area (TPSA) is 103 Å². The van der Waals surface area contributed by atoms with Crippen molar-refractivity contribution in [2.24, 2.45) is 0 Å². The van der Waals surface area contributed by atoms with Crippen molar-refractivity contribution < 1.29 is 9.18 Å². The molecule has 8 nitrogen and oxygen atoms in total. The van der Waals surface area contributed by atoms with Crippen LogP contribution in [0.25, 0.3) is 16.9 Å². The molecule has 4 aromatic rings. The van der Waals surface area contributed by atoms with Gasteiger partial charge in [-0.3, -0.25) is 4.79 Å². The first-order valence-electron chi connectivity index (χ1n) is 11.6. The second-order valence-corrected chi connectivity index (χ2v) is 8.79. The minimum Gasteiger partial charge on any atom is -0.368 e. The molecule has 0 radical (unpaired) electrons. The Kier molecular flexibility index (Phi) is 5.98. The van der Waals surface area contributed by atoms with Gasteiger partial charge in [0, 0.05) is 30.2 Å². The Morgan fingerprint density at radius 2 is 1.86 bits per heavy atom. The van der Waals surface area contributed by atoms with E-state index in [0.717, 1.165) is 41.8 Å². The molecule has 2 N–H and O–H groups in total. The number of carbonyl (C=O) groups excluding carboxylic acids is 1. The van der Waals surface area contributed by atoms with Crippen molar-refractivity contribution >= 4 is 11.9 Å². The van der Waals surface area contributed by atoms with Crippen LogP contribution in [0.15, 0.2) is 54.9 Å². The number of carbonyl (C=O) groups is 1. The zero-order valence-corrected chi connectivity index (χ0v) is 19.6. The Morgan fingerprint density at radius 3 is 2.54 bits per heavy atom. The van der Waals surface area contributed by atoms with E-state index in [0.29, 0.717) is 23.6 Å². The zero-order chi connectivity index (χ0) is 24.5. The van der Waals surface area contributed by atoms with E-state index in [4.69, 9.17) is 5.73 Å². The van der Waals surface area contributed by atoms with Gasteiger partial charge in [0.2, 0.25) is 5.95 Å². The molecule has 35 heavy (non-hydrogen) atoms. The summed E-state index contributed by atoms with van der Waals surface area (Å²) < 4.78 is 15.3. The van der Waals surface area contributed by atoms with Crippen LogP contribution >= 0.6 is 0 Å². The first kappa shape index (κ1) is 22.6. The van der Waals surface area contributed by atoms with Crippen LogP contribution in [-0.4, -0.2) is 42.1 Å². The molecule has 1 aliphatic heterocycles. The highest BCUT2D eigenvalue weighted by Crippen LogP contribution is 2.36. The lowest BCUT2D eigenvalue weighted by atomic mass is 9.93. The fourth-order valence-electron chi connectivity index (χ4n) is 4.64. The molecule has 0 spiro atoms. The number of halogens is 1. The number of amides is 1. The number of piperidine rings is 1. The van der Waals surface area contributed by atoms with Crippen LogP contribution in [0.2, 0.25) is 0 Å². The van der Waals surface area contributed by atoms with Gasteiger partial charge in [0.25, 0.3) is 5.91 Å². The van der Waals surface area contributed by atoms with Gasteiger partial charge in [0.1, 0.15) is 5.82 Å². The molecule has 9 heteroatoms. The van der Waals surface area contributed by atoms with E-state index in [1.54, 1.807) is 41.3 Å². The van der Waals surface area contributed by atoms with E-state index in [-0.39, 0.29) is 23.7 Å². The largest absolute Gasteiger partial charge is 0.368 e. The second kappa shape index (κ2) is 9.25. The van der Waals surface area contributed by atoms with Crippen molar-refractivity contribution in [3.05, 3.63) is 83.3 Å². The molecule has 1 fully saturated rings. The van der Waals surface area contributed by atoms with Crippen molar-refractivity contribution in [3.63, 3.8) is 0 Å². The molecular weight excluding hydrogens is 445 g/mol. The maximum Gasteiger partial charge on any atom is 0.255 e. The third kappa shape index (κ3) is 4.49. The van der Waals surface area contributed by atoms with Crippen LogP contribution in [0.4, 0.5) is 10.3 Å². The van der Waals surface area contributed by atoms with Gasteiger partial charge >= 0.3 is 0 Å². The molecule has 4 heterocycles. The third-order valence-electron chi connectivity index (χ3n) is 6.29. The van der Waals surface area contributed by atoms with Crippen LogP contribution in [0.1, 0.15) is 52.7 Å². The number of nitrogen functional groups attached to an aromatic ring is 1. The van der Waals surface area contributed by atoms with Gasteiger partial charge in [-0.25, -0.2) is 24.0 Å². The summed E-state index contributed by atoms with van der Waals surface area (Å²) in [4.78, 5) is 28.6. The lowest BCUT2D eigenvalue weighted by Gasteiger charge is -2.36. The van der Waals surface area contributed by atoms with Crippen molar-refractivity contribution in [3.8, 4) is 16.9 Å². The molecule has 1 saturated heterocycles. The average Bonchev–Trinajstić information content (AvgIpc) is 3.22. The molecule has 1 aromatic carbocycles. The van der Waals surface area contributed by atoms with Gasteiger partial charge in [-0.1, -0.05) is 12.1 Å². The highest BCUT2D eigenvalue weighted by molar-refractivity contribution is 5.94. The standard InChI is InChI=1S/C26H26FN7O/c1-16-13-17(2)34(32-16)23-11-8-19(14-29-23)25(35)33-12-4-3-5-22(33)24-21(15-30-26(28)31-24)18-6-9-20(27)10-7-18/h6-11,13-15,22H,3-5,12H2,1-2H3,(H2,28,30,31)/t22-/m0/s1. The number of hydrogen-bond acceptors (Lipinski definition) is 6. The highest BCUT2D eigenvalue weighted by Gasteiger charge is 2.32. The van der Waals surface area contributed by atoms with Gasteiger partial charge < -0.3 is 10.6 Å². The predicted octanol–water partition coefficient (Wildman–Crippen LogP) is 4.43. The Morgan fingerprint density at radius 1 is 1.06 bits per heavy atom. The van der Waals surface area contributed by atoms with Gasteiger partial charge in [-0.15, -0.1) is 0 Å². The summed E-state index contributed by atoms with van der Waals surface area (Å²) >= 11 is 0. The number of benzene rings is 1. The summed E-state index contributed by atoms with van der Waals surface area (Å²) in [5, 5.41) is 4.46. The summed E-state index contributed by atoms with van der Waals surface area (Å²) in [6, 6.07) is 11.4. The number of aromatic nitrogens is 5. The number of rotatable bonds is 4. The molecule has 0 unspecified atom stereocenters. The first-order valence-corrected chi connectivity index (χ1v) is 11.6. The summed E-state index contributed by atoms with van der Waals surface area (Å²) in [5.74, 6) is 0.353. The van der Waals surface area contributed by atoms with Crippen LogP contribution < -0.4 is 5.73 Å². The normalized spacial score (nSPS) is 15.9. The number of anilines is 1. The molecule has 1 amide bonds. The van der Waals surface area contributed by atoms with E-state index in [9.17, 15) is 9.18 Å². The van der Waals surface area contributed by atoms with Crippen LogP contribution in [-0.2, 0) is 0 Å². The van der Waals surface area contributed by atoms with Crippen LogP contribution in [0.3, 0.4) is 0 Å². The Labute approximate surface area is 202 Å². The number of nitrogens with zero attached hydrogens (tertiary/aromatic N) is 6. The summed E-state index contributed by atoms with van der Waals surface area (Å²) in [7, 11) is 0. The van der Waals surface area contributed by atoms with Crippen molar-refractivity contribution in [1.82, 2.24) is 29.6 Å². The first-order chi connectivity index (χ1) is 16.9. The summed E-state index contributed by atoms with van der Waals surface area (Å²) in [6.45, 7) is 4.48. The lowest BCUT2D eigenvalue weighted by molar-refractivity contribution is 0.0606. The SMILES string of the molecule is Cc1cc(C)n(-c2ccc(C(=O)N3CCCC[C@H]3c3nc(N)ncc3-c3ccc(F)cc3)cn2)n1. The Bertz CT molecular complexity index is 1370. The molecule has 5 rings (SSSR count). The maximum atomic E-state index is 13.6. The minimum absolute atomic E-state index is 0.121. The average molecular weight is 472 g/mol. The van der Waals surface area contributed by atoms with Crippen molar-refractivity contribution in [2.45, 2.75) is 39.2 Å². The molecule has 178 valence electrons. The van der Waals surface area contributed by atoms with Crippen LogP contribution in [0, 0.1) is 19.7 Å².